The van der Waals surface area contributed by atoms with Crippen LogP contribution in [0.3, 0.4) is 0 Å². The number of hydrogen-bond donors (Lipinski definition) is 0. The number of carbonyl (C=O) groups is 1. The third kappa shape index (κ3) is 7.65. The fourth-order valence-corrected chi connectivity index (χ4v) is 6.13. The van der Waals surface area contributed by atoms with E-state index < -0.39 is 0 Å². The lowest BCUT2D eigenvalue weighted by Gasteiger charge is -2.38. The van der Waals surface area contributed by atoms with Crippen molar-refractivity contribution in [1.29, 1.82) is 0 Å². The van der Waals surface area contributed by atoms with E-state index in [2.05, 4.69) is 26.0 Å². The predicted molar refractivity (Wildman–Crippen MR) is 131 cm³/mol. The summed E-state index contributed by atoms with van der Waals surface area (Å²) in [6, 6.07) is 8.32. The lowest BCUT2D eigenvalue weighted by molar-refractivity contribution is 0.0497. The molecule has 0 N–H and O–H groups in total. The minimum absolute atomic E-state index is 0.163. The average Bonchev–Trinajstić information content (AvgIpc) is 2.82. The number of benzene rings is 1. The summed E-state index contributed by atoms with van der Waals surface area (Å²) in [5, 5.41) is 0. The first-order valence-corrected chi connectivity index (χ1v) is 13.5. The maximum Gasteiger partial charge on any atom is 0.338 e. The molecule has 0 bridgehead atoms. The molecule has 0 unspecified atom stereocenters. The van der Waals surface area contributed by atoms with Gasteiger partial charge >= 0.3 is 5.97 Å². The summed E-state index contributed by atoms with van der Waals surface area (Å²) in [6.07, 6.45) is 20.1. The van der Waals surface area contributed by atoms with Crippen LogP contribution in [0.5, 0.6) is 0 Å². The van der Waals surface area contributed by atoms with E-state index >= 15 is 0 Å². The van der Waals surface area contributed by atoms with E-state index in [4.69, 9.17) is 4.74 Å². The van der Waals surface area contributed by atoms with Crippen molar-refractivity contribution in [1.82, 2.24) is 0 Å². The van der Waals surface area contributed by atoms with Gasteiger partial charge in [-0.2, -0.15) is 0 Å². The summed E-state index contributed by atoms with van der Waals surface area (Å²) in [4.78, 5) is 12.3. The van der Waals surface area contributed by atoms with Crippen molar-refractivity contribution >= 4 is 5.97 Å². The van der Waals surface area contributed by atoms with E-state index in [1.165, 1.54) is 89.0 Å². The third-order valence-corrected chi connectivity index (χ3v) is 8.13. The second-order valence-electron chi connectivity index (χ2n) is 10.4. The van der Waals surface area contributed by atoms with Crippen molar-refractivity contribution in [2.45, 2.75) is 116 Å². The molecule has 2 aliphatic carbocycles. The molecule has 0 atom stereocenters. The van der Waals surface area contributed by atoms with Crippen molar-refractivity contribution in [3.8, 4) is 0 Å². The van der Waals surface area contributed by atoms with Crippen LogP contribution in [0.25, 0.3) is 0 Å². The SMILES string of the molecule is CCCCCCCOC(=O)c1ccc([C@H]2CC[C@H]([C@H]3CC[C@H](CCC)CC3)CC2)cc1. The second-order valence-corrected chi connectivity index (χ2v) is 10.4. The number of ether oxygens (including phenoxy) is 1. The number of carbonyl (C=O) groups excluding carboxylic acids is 1. The zero-order chi connectivity index (χ0) is 21.9. The van der Waals surface area contributed by atoms with Gasteiger partial charge in [0.05, 0.1) is 12.2 Å². The molecule has 2 saturated carbocycles. The molecule has 1 aromatic carbocycles. The van der Waals surface area contributed by atoms with Crippen LogP contribution < -0.4 is 0 Å². The molecule has 1 aromatic rings. The largest absolute Gasteiger partial charge is 0.462 e. The Hall–Kier alpha value is -1.31. The van der Waals surface area contributed by atoms with E-state index in [0.29, 0.717) is 18.1 Å². The number of rotatable bonds is 11. The molecule has 3 rings (SSSR count). The monoisotopic (exact) mass is 426 g/mol. The van der Waals surface area contributed by atoms with Crippen molar-refractivity contribution in [2.24, 2.45) is 17.8 Å². The lowest BCUT2D eigenvalue weighted by atomic mass is 9.68. The van der Waals surface area contributed by atoms with E-state index in [9.17, 15) is 4.79 Å². The third-order valence-electron chi connectivity index (χ3n) is 8.13. The Balaban J connectivity index is 1.37. The first-order chi connectivity index (χ1) is 15.2. The van der Waals surface area contributed by atoms with Crippen molar-refractivity contribution in [3.05, 3.63) is 35.4 Å². The lowest BCUT2D eigenvalue weighted by Crippen LogP contribution is -2.25. The first kappa shape index (κ1) is 24.3. The molecule has 2 fully saturated rings. The van der Waals surface area contributed by atoms with E-state index in [-0.39, 0.29) is 5.97 Å². The molecule has 0 heterocycles. The van der Waals surface area contributed by atoms with Crippen LogP contribution in [0.15, 0.2) is 24.3 Å². The summed E-state index contributed by atoms with van der Waals surface area (Å²) in [5.74, 6) is 3.49. The predicted octanol–water partition coefficient (Wildman–Crippen LogP) is 8.69. The maximum atomic E-state index is 12.3. The molecule has 31 heavy (non-hydrogen) atoms. The number of esters is 1. The summed E-state index contributed by atoms with van der Waals surface area (Å²) in [6.45, 7) is 5.10. The molecular formula is C29H46O2. The molecule has 0 spiro atoms. The summed E-state index contributed by atoms with van der Waals surface area (Å²) in [7, 11) is 0. The Morgan fingerprint density at radius 2 is 1.39 bits per heavy atom. The highest BCUT2D eigenvalue weighted by Gasteiger charge is 2.31. The van der Waals surface area contributed by atoms with Crippen molar-refractivity contribution in [2.75, 3.05) is 6.61 Å². The molecule has 2 nitrogen and oxygen atoms in total. The Morgan fingerprint density at radius 3 is 2.00 bits per heavy atom. The van der Waals surface area contributed by atoms with Gasteiger partial charge in [-0.3, -0.25) is 0 Å². The van der Waals surface area contributed by atoms with Gasteiger partial charge in [-0.15, -0.1) is 0 Å². The quantitative estimate of drug-likeness (QED) is 0.261. The van der Waals surface area contributed by atoms with Gasteiger partial charge in [-0.25, -0.2) is 4.79 Å². The molecule has 0 aliphatic heterocycles. The highest BCUT2D eigenvalue weighted by molar-refractivity contribution is 5.89. The van der Waals surface area contributed by atoms with Crippen molar-refractivity contribution < 1.29 is 9.53 Å². The zero-order valence-corrected chi connectivity index (χ0v) is 20.2. The topological polar surface area (TPSA) is 26.3 Å². The van der Waals surface area contributed by atoms with E-state index in [1.807, 2.05) is 12.1 Å². The van der Waals surface area contributed by atoms with Gasteiger partial charge < -0.3 is 4.74 Å². The normalized spacial score (nSPS) is 26.5. The zero-order valence-electron chi connectivity index (χ0n) is 20.2. The van der Waals surface area contributed by atoms with Crippen LogP contribution in [0.4, 0.5) is 0 Å². The van der Waals surface area contributed by atoms with Gasteiger partial charge in [0.2, 0.25) is 0 Å². The minimum atomic E-state index is -0.163. The van der Waals surface area contributed by atoms with Gasteiger partial charge in [0.15, 0.2) is 0 Å². The van der Waals surface area contributed by atoms with E-state index in [1.54, 1.807) is 0 Å². The fourth-order valence-electron chi connectivity index (χ4n) is 6.13. The molecule has 0 saturated heterocycles. The summed E-state index contributed by atoms with van der Waals surface area (Å²) < 4.78 is 5.46. The Morgan fingerprint density at radius 1 is 0.774 bits per heavy atom. The highest BCUT2D eigenvalue weighted by atomic mass is 16.5. The Bertz CT molecular complexity index is 619. The van der Waals surface area contributed by atoms with Gasteiger partial charge in [-0.05, 0) is 86.3 Å². The molecule has 0 amide bonds. The average molecular weight is 427 g/mol. The van der Waals surface area contributed by atoms with Gasteiger partial charge in [0.25, 0.3) is 0 Å². The number of hydrogen-bond acceptors (Lipinski definition) is 2. The highest BCUT2D eigenvalue weighted by Crippen LogP contribution is 2.44. The fraction of sp³-hybridized carbons (Fsp3) is 0.759. The molecule has 0 radical (unpaired) electrons. The molecular weight excluding hydrogens is 380 g/mol. The van der Waals surface area contributed by atoms with Gasteiger partial charge in [0.1, 0.15) is 0 Å². The summed E-state index contributed by atoms with van der Waals surface area (Å²) >= 11 is 0. The molecule has 174 valence electrons. The second kappa shape index (κ2) is 13.3. The molecule has 2 heteroatoms. The Labute approximate surface area is 191 Å². The molecule has 2 aliphatic rings. The van der Waals surface area contributed by atoms with Crippen LogP contribution in [0.2, 0.25) is 0 Å². The van der Waals surface area contributed by atoms with Gasteiger partial charge in [-0.1, -0.05) is 77.3 Å². The summed E-state index contributed by atoms with van der Waals surface area (Å²) in [5.41, 5.74) is 2.12. The van der Waals surface area contributed by atoms with Crippen LogP contribution in [0, 0.1) is 17.8 Å². The number of unbranched alkanes of at least 4 members (excludes halogenated alkanes) is 4. The minimum Gasteiger partial charge on any atom is -0.462 e. The van der Waals surface area contributed by atoms with Gasteiger partial charge in [0, 0.05) is 0 Å². The first-order valence-electron chi connectivity index (χ1n) is 13.5. The van der Waals surface area contributed by atoms with Crippen LogP contribution in [-0.2, 0) is 4.74 Å². The van der Waals surface area contributed by atoms with Crippen LogP contribution in [-0.4, -0.2) is 12.6 Å². The molecule has 0 aromatic heterocycles. The van der Waals surface area contributed by atoms with Crippen molar-refractivity contribution in [3.63, 3.8) is 0 Å². The Kier molecular flexibility index (Phi) is 10.4. The van der Waals surface area contributed by atoms with E-state index in [0.717, 1.165) is 30.6 Å². The standard InChI is InChI=1S/C29H46O2/c1-3-5-6-7-8-22-31-29(30)28-20-18-27(19-21-28)26-16-14-25(15-17-26)24-12-10-23(9-4-2)11-13-24/h18-21,23-26H,3-17,22H2,1-2H3/t23-,24-,25-,26-. The van der Waals surface area contributed by atoms with Crippen LogP contribution in [0.1, 0.15) is 132 Å². The maximum absolute atomic E-state index is 12.3. The smallest absolute Gasteiger partial charge is 0.338 e. The van der Waals surface area contributed by atoms with Crippen LogP contribution >= 0.6 is 0 Å².